The Labute approximate surface area is 158 Å². The number of methoxy groups -OCH3 is 2. The van der Waals surface area contributed by atoms with Crippen molar-refractivity contribution in [3.8, 4) is 11.5 Å². The van der Waals surface area contributed by atoms with Gasteiger partial charge in [-0.3, -0.25) is 4.79 Å². The number of ether oxygens (including phenoxy) is 3. The number of nitrogens with zero attached hydrogens (tertiary/aromatic N) is 1. The van der Waals surface area contributed by atoms with Crippen LogP contribution in [0.15, 0.2) is 42.5 Å². The SMILES string of the molecule is COc1cc(OC)cc(C(=O)OCC(=O)NCc2ccc(N(C)C)cc2)c1. The number of rotatable bonds is 8. The first-order valence-electron chi connectivity index (χ1n) is 8.36. The maximum Gasteiger partial charge on any atom is 0.338 e. The van der Waals surface area contributed by atoms with Crippen molar-refractivity contribution in [1.29, 1.82) is 0 Å². The maximum atomic E-state index is 12.1. The van der Waals surface area contributed by atoms with Gasteiger partial charge in [-0.25, -0.2) is 4.79 Å². The van der Waals surface area contributed by atoms with E-state index in [2.05, 4.69) is 5.32 Å². The van der Waals surface area contributed by atoms with Crippen LogP contribution in [0.1, 0.15) is 15.9 Å². The van der Waals surface area contributed by atoms with Gasteiger partial charge < -0.3 is 24.4 Å². The summed E-state index contributed by atoms with van der Waals surface area (Å²) < 4.78 is 15.3. The van der Waals surface area contributed by atoms with Crippen LogP contribution in [0.4, 0.5) is 5.69 Å². The normalized spacial score (nSPS) is 10.1. The minimum absolute atomic E-state index is 0.248. The van der Waals surface area contributed by atoms with Crippen molar-refractivity contribution in [3.63, 3.8) is 0 Å². The van der Waals surface area contributed by atoms with Crippen LogP contribution in [0, 0.1) is 0 Å². The van der Waals surface area contributed by atoms with E-state index in [1.165, 1.54) is 26.4 Å². The molecule has 2 aromatic rings. The second kappa shape index (κ2) is 9.47. The lowest BCUT2D eigenvalue weighted by molar-refractivity contribution is -0.124. The second-order valence-corrected chi connectivity index (χ2v) is 6.02. The molecule has 2 aromatic carbocycles. The highest BCUT2D eigenvalue weighted by Crippen LogP contribution is 2.22. The van der Waals surface area contributed by atoms with Crippen molar-refractivity contribution in [2.24, 2.45) is 0 Å². The van der Waals surface area contributed by atoms with Gasteiger partial charge in [0.2, 0.25) is 0 Å². The van der Waals surface area contributed by atoms with Gasteiger partial charge in [-0.05, 0) is 29.8 Å². The number of esters is 1. The van der Waals surface area contributed by atoms with Crippen LogP contribution in [0.25, 0.3) is 0 Å². The minimum Gasteiger partial charge on any atom is -0.497 e. The monoisotopic (exact) mass is 372 g/mol. The summed E-state index contributed by atoms with van der Waals surface area (Å²) in [6.45, 7) is -0.00872. The van der Waals surface area contributed by atoms with Crippen molar-refractivity contribution in [1.82, 2.24) is 5.32 Å². The molecule has 0 aliphatic rings. The van der Waals surface area contributed by atoms with Crippen LogP contribution in [-0.2, 0) is 16.1 Å². The van der Waals surface area contributed by atoms with Gasteiger partial charge in [0.25, 0.3) is 5.91 Å². The molecule has 7 heteroatoms. The fraction of sp³-hybridized carbons (Fsp3) is 0.300. The largest absolute Gasteiger partial charge is 0.497 e. The van der Waals surface area contributed by atoms with Gasteiger partial charge in [0.1, 0.15) is 11.5 Å². The molecule has 0 unspecified atom stereocenters. The fourth-order valence-corrected chi connectivity index (χ4v) is 2.30. The van der Waals surface area contributed by atoms with Gasteiger partial charge in [0, 0.05) is 32.4 Å². The predicted molar refractivity (Wildman–Crippen MR) is 102 cm³/mol. The molecule has 0 aliphatic carbocycles. The molecule has 1 N–H and O–H groups in total. The van der Waals surface area contributed by atoms with Crippen LogP contribution in [0.5, 0.6) is 11.5 Å². The first-order chi connectivity index (χ1) is 12.9. The average molecular weight is 372 g/mol. The Balaban J connectivity index is 1.85. The summed E-state index contributed by atoms with van der Waals surface area (Å²) in [6.07, 6.45) is 0. The third-order valence-electron chi connectivity index (χ3n) is 3.86. The quantitative estimate of drug-likeness (QED) is 0.716. The highest BCUT2D eigenvalue weighted by Gasteiger charge is 2.13. The van der Waals surface area contributed by atoms with Crippen LogP contribution in [0.2, 0.25) is 0 Å². The molecule has 0 atom stereocenters. The zero-order valence-corrected chi connectivity index (χ0v) is 15.9. The van der Waals surface area contributed by atoms with Crippen molar-refractivity contribution in [2.45, 2.75) is 6.54 Å². The van der Waals surface area contributed by atoms with Crippen LogP contribution < -0.4 is 19.7 Å². The second-order valence-electron chi connectivity index (χ2n) is 6.02. The molecule has 0 bridgehead atoms. The first kappa shape index (κ1) is 20.1. The minimum atomic E-state index is -0.627. The van der Waals surface area contributed by atoms with Gasteiger partial charge in [-0.2, -0.15) is 0 Å². The van der Waals surface area contributed by atoms with E-state index >= 15 is 0 Å². The third-order valence-corrected chi connectivity index (χ3v) is 3.86. The zero-order chi connectivity index (χ0) is 19.8. The maximum absolute atomic E-state index is 12.1. The Hall–Kier alpha value is -3.22. The molecule has 0 saturated heterocycles. The molecule has 0 heterocycles. The van der Waals surface area contributed by atoms with E-state index in [0.29, 0.717) is 18.0 Å². The van der Waals surface area contributed by atoms with E-state index in [4.69, 9.17) is 14.2 Å². The summed E-state index contributed by atoms with van der Waals surface area (Å²) in [5.41, 5.74) is 2.28. The van der Waals surface area contributed by atoms with Gasteiger partial charge >= 0.3 is 5.97 Å². The summed E-state index contributed by atoms with van der Waals surface area (Å²) in [5.74, 6) is -0.0774. The van der Waals surface area contributed by atoms with Gasteiger partial charge in [0.15, 0.2) is 6.61 Å². The standard InChI is InChI=1S/C20H24N2O5/c1-22(2)16-7-5-14(6-8-16)12-21-19(23)13-27-20(24)15-9-17(25-3)11-18(10-15)26-4/h5-11H,12-13H2,1-4H3,(H,21,23). The number of nitrogens with one attached hydrogen (secondary N) is 1. The van der Waals surface area contributed by atoms with E-state index < -0.39 is 5.97 Å². The first-order valence-corrected chi connectivity index (χ1v) is 8.36. The molecule has 27 heavy (non-hydrogen) atoms. The summed E-state index contributed by atoms with van der Waals surface area (Å²) in [7, 11) is 6.90. The van der Waals surface area contributed by atoms with Gasteiger partial charge in [-0.1, -0.05) is 12.1 Å². The van der Waals surface area contributed by atoms with Gasteiger partial charge in [0.05, 0.1) is 19.8 Å². The third kappa shape index (κ3) is 5.91. The average Bonchev–Trinajstić information content (AvgIpc) is 2.70. The van der Waals surface area contributed by atoms with Crippen LogP contribution in [0.3, 0.4) is 0 Å². The molecular formula is C20H24N2O5. The highest BCUT2D eigenvalue weighted by molar-refractivity contribution is 5.92. The number of carbonyl (C=O) groups excluding carboxylic acids is 2. The summed E-state index contributed by atoms with van der Waals surface area (Å²) in [6, 6.07) is 12.5. The van der Waals surface area contributed by atoms with Gasteiger partial charge in [-0.15, -0.1) is 0 Å². The Morgan fingerprint density at radius 1 is 0.963 bits per heavy atom. The fourth-order valence-electron chi connectivity index (χ4n) is 2.30. The summed E-state index contributed by atoms with van der Waals surface area (Å²) in [5, 5.41) is 2.72. The lowest BCUT2D eigenvalue weighted by Crippen LogP contribution is -2.28. The number of carbonyl (C=O) groups is 2. The van der Waals surface area contributed by atoms with E-state index in [1.807, 2.05) is 43.3 Å². The number of hydrogen-bond donors (Lipinski definition) is 1. The van der Waals surface area contributed by atoms with Crippen molar-refractivity contribution >= 4 is 17.6 Å². The number of anilines is 1. The summed E-state index contributed by atoms with van der Waals surface area (Å²) >= 11 is 0. The molecule has 0 aliphatic heterocycles. The molecule has 144 valence electrons. The number of hydrogen-bond acceptors (Lipinski definition) is 6. The summed E-state index contributed by atoms with van der Waals surface area (Å²) in [4.78, 5) is 26.1. The number of benzene rings is 2. The van der Waals surface area contributed by atoms with Crippen molar-refractivity contribution < 1.29 is 23.8 Å². The smallest absolute Gasteiger partial charge is 0.338 e. The van der Waals surface area contributed by atoms with E-state index in [0.717, 1.165) is 11.3 Å². The Morgan fingerprint density at radius 3 is 2.07 bits per heavy atom. The van der Waals surface area contributed by atoms with Crippen LogP contribution >= 0.6 is 0 Å². The van der Waals surface area contributed by atoms with Crippen molar-refractivity contribution in [2.75, 3.05) is 39.8 Å². The molecule has 1 amide bonds. The van der Waals surface area contributed by atoms with E-state index in [1.54, 1.807) is 6.07 Å². The zero-order valence-electron chi connectivity index (χ0n) is 15.9. The molecule has 0 radical (unpaired) electrons. The molecule has 0 saturated carbocycles. The van der Waals surface area contributed by atoms with E-state index in [9.17, 15) is 9.59 Å². The lowest BCUT2D eigenvalue weighted by Gasteiger charge is -2.13. The topological polar surface area (TPSA) is 77.1 Å². The predicted octanol–water partition coefficient (Wildman–Crippen LogP) is 2.24. The van der Waals surface area contributed by atoms with Crippen LogP contribution in [-0.4, -0.2) is 46.8 Å². The molecule has 2 rings (SSSR count). The highest BCUT2D eigenvalue weighted by atomic mass is 16.5. The molecular weight excluding hydrogens is 348 g/mol. The van der Waals surface area contributed by atoms with E-state index in [-0.39, 0.29) is 18.1 Å². The number of amides is 1. The Kier molecular flexibility index (Phi) is 7.05. The molecule has 7 nitrogen and oxygen atoms in total. The lowest BCUT2D eigenvalue weighted by atomic mass is 10.2. The molecule has 0 spiro atoms. The molecule has 0 fully saturated rings. The Morgan fingerprint density at radius 2 is 1.56 bits per heavy atom. The molecule has 0 aromatic heterocycles. The Bertz CT molecular complexity index is 765. The van der Waals surface area contributed by atoms with Crippen molar-refractivity contribution in [3.05, 3.63) is 53.6 Å².